The maximum atomic E-state index is 5.70. The molecule has 1 heterocycles. The van der Waals surface area contributed by atoms with Gasteiger partial charge in [-0.25, -0.2) is 10.0 Å². The van der Waals surface area contributed by atoms with Gasteiger partial charge in [0.25, 0.3) is 0 Å². The SMILES string of the molecule is C=C(C)N1N=CN=C(N)C1=CCC. The predicted octanol–water partition coefficient (Wildman–Crippen LogP) is 1.43. The summed E-state index contributed by atoms with van der Waals surface area (Å²) in [7, 11) is 0. The van der Waals surface area contributed by atoms with E-state index in [0.29, 0.717) is 5.84 Å². The van der Waals surface area contributed by atoms with Crippen molar-refractivity contribution >= 4 is 12.2 Å². The molecule has 0 saturated carbocycles. The highest BCUT2D eigenvalue weighted by Gasteiger charge is 2.14. The quantitative estimate of drug-likeness (QED) is 0.695. The van der Waals surface area contributed by atoms with E-state index in [4.69, 9.17) is 5.73 Å². The molecule has 0 aromatic heterocycles. The van der Waals surface area contributed by atoms with Crippen LogP contribution in [-0.2, 0) is 0 Å². The molecule has 0 unspecified atom stereocenters. The Kier molecular flexibility index (Phi) is 2.84. The van der Waals surface area contributed by atoms with E-state index in [1.807, 2.05) is 19.9 Å². The topological polar surface area (TPSA) is 54.0 Å². The summed E-state index contributed by atoms with van der Waals surface area (Å²) in [6.07, 6.45) is 4.30. The Morgan fingerprint density at radius 2 is 2.46 bits per heavy atom. The van der Waals surface area contributed by atoms with Crippen LogP contribution in [0.2, 0.25) is 0 Å². The van der Waals surface area contributed by atoms with Crippen molar-refractivity contribution in [3.63, 3.8) is 0 Å². The Morgan fingerprint density at radius 3 is 3.00 bits per heavy atom. The van der Waals surface area contributed by atoms with Crippen molar-refractivity contribution in [3.8, 4) is 0 Å². The zero-order chi connectivity index (χ0) is 9.84. The Hall–Kier alpha value is -1.58. The number of nitrogens with two attached hydrogens (primary N) is 1. The van der Waals surface area contributed by atoms with E-state index in [2.05, 4.69) is 16.7 Å². The normalized spacial score (nSPS) is 19.1. The van der Waals surface area contributed by atoms with E-state index in [1.54, 1.807) is 5.01 Å². The van der Waals surface area contributed by atoms with Crippen molar-refractivity contribution in [2.75, 3.05) is 0 Å². The Labute approximate surface area is 78.1 Å². The smallest absolute Gasteiger partial charge is 0.151 e. The molecule has 13 heavy (non-hydrogen) atoms. The van der Waals surface area contributed by atoms with Crippen LogP contribution in [0.25, 0.3) is 0 Å². The number of amidine groups is 1. The van der Waals surface area contributed by atoms with Gasteiger partial charge in [-0.1, -0.05) is 19.6 Å². The molecule has 0 spiro atoms. The lowest BCUT2D eigenvalue weighted by molar-refractivity contribution is 0.475. The third kappa shape index (κ3) is 1.96. The summed E-state index contributed by atoms with van der Waals surface area (Å²) in [5.74, 6) is 0.486. The second-order valence-corrected chi connectivity index (χ2v) is 2.79. The van der Waals surface area contributed by atoms with Crippen LogP contribution < -0.4 is 5.73 Å². The standard InChI is InChI=1S/C9H14N4/c1-4-5-8-9(10)11-6-12-13(8)7(2)3/h5-6H,2,4H2,1,3H3,(H2,10,11,12). The Bertz CT molecular complexity index is 299. The zero-order valence-corrected chi connectivity index (χ0v) is 7.99. The van der Waals surface area contributed by atoms with E-state index in [-0.39, 0.29) is 0 Å². The number of hydrogen-bond donors (Lipinski definition) is 1. The summed E-state index contributed by atoms with van der Waals surface area (Å²) in [5.41, 5.74) is 7.35. The monoisotopic (exact) mass is 178 g/mol. The Balaban J connectivity index is 2.99. The first-order valence-electron chi connectivity index (χ1n) is 4.18. The molecule has 0 atom stereocenters. The minimum absolute atomic E-state index is 0.486. The highest BCUT2D eigenvalue weighted by Crippen LogP contribution is 2.15. The lowest BCUT2D eigenvalue weighted by Gasteiger charge is -2.23. The summed E-state index contributed by atoms with van der Waals surface area (Å²) in [4.78, 5) is 3.91. The minimum atomic E-state index is 0.486. The van der Waals surface area contributed by atoms with Crippen molar-refractivity contribution in [3.05, 3.63) is 24.0 Å². The van der Waals surface area contributed by atoms with Gasteiger partial charge in [0.15, 0.2) is 5.84 Å². The van der Waals surface area contributed by atoms with Crippen LogP contribution in [0.15, 0.2) is 34.1 Å². The molecule has 0 aromatic rings. The summed E-state index contributed by atoms with van der Waals surface area (Å²) in [5, 5.41) is 5.74. The summed E-state index contributed by atoms with van der Waals surface area (Å²) >= 11 is 0. The minimum Gasteiger partial charge on any atom is -0.382 e. The number of aliphatic imine (C=N–C) groups is 1. The molecule has 70 valence electrons. The first-order valence-corrected chi connectivity index (χ1v) is 4.18. The number of nitrogens with zero attached hydrogens (tertiary/aromatic N) is 3. The molecule has 1 aliphatic rings. The average molecular weight is 178 g/mol. The van der Waals surface area contributed by atoms with Gasteiger partial charge in [0.05, 0.1) is 0 Å². The molecule has 4 heteroatoms. The van der Waals surface area contributed by atoms with E-state index in [0.717, 1.165) is 17.8 Å². The highest BCUT2D eigenvalue weighted by atomic mass is 15.5. The Morgan fingerprint density at radius 1 is 1.77 bits per heavy atom. The van der Waals surface area contributed by atoms with Gasteiger partial charge in [0.2, 0.25) is 0 Å². The van der Waals surface area contributed by atoms with Gasteiger partial charge in [-0.05, 0) is 13.3 Å². The summed E-state index contributed by atoms with van der Waals surface area (Å²) in [6.45, 7) is 7.72. The van der Waals surface area contributed by atoms with Crippen molar-refractivity contribution < 1.29 is 0 Å². The highest BCUT2D eigenvalue weighted by molar-refractivity contribution is 6.01. The van der Waals surface area contributed by atoms with Gasteiger partial charge < -0.3 is 5.73 Å². The van der Waals surface area contributed by atoms with Crippen molar-refractivity contribution in [2.45, 2.75) is 20.3 Å². The second kappa shape index (κ2) is 3.89. The first-order chi connectivity index (χ1) is 6.16. The van der Waals surface area contributed by atoms with Gasteiger partial charge in [-0.15, -0.1) is 0 Å². The molecule has 0 aliphatic carbocycles. The third-order valence-corrected chi connectivity index (χ3v) is 1.61. The van der Waals surface area contributed by atoms with E-state index in [9.17, 15) is 0 Å². The van der Waals surface area contributed by atoms with Crippen LogP contribution in [0.1, 0.15) is 20.3 Å². The molecule has 0 fully saturated rings. The number of rotatable bonds is 2. The van der Waals surface area contributed by atoms with Crippen molar-refractivity contribution in [1.29, 1.82) is 0 Å². The number of hydrazone groups is 1. The molecule has 0 radical (unpaired) electrons. The largest absolute Gasteiger partial charge is 0.382 e. The maximum Gasteiger partial charge on any atom is 0.151 e. The van der Waals surface area contributed by atoms with Crippen LogP contribution in [0.4, 0.5) is 0 Å². The molecule has 0 saturated heterocycles. The second-order valence-electron chi connectivity index (χ2n) is 2.79. The lowest BCUT2D eigenvalue weighted by Crippen LogP contribution is -2.29. The fraction of sp³-hybridized carbons (Fsp3) is 0.333. The van der Waals surface area contributed by atoms with Crippen molar-refractivity contribution in [1.82, 2.24) is 5.01 Å². The number of allylic oxidation sites excluding steroid dienone is 2. The lowest BCUT2D eigenvalue weighted by atomic mass is 10.3. The van der Waals surface area contributed by atoms with Gasteiger partial charge in [-0.2, -0.15) is 5.10 Å². The molecule has 0 bridgehead atoms. The molecular weight excluding hydrogens is 164 g/mol. The molecule has 4 nitrogen and oxygen atoms in total. The molecule has 0 aromatic carbocycles. The van der Waals surface area contributed by atoms with Gasteiger partial charge in [0, 0.05) is 5.70 Å². The van der Waals surface area contributed by atoms with Crippen LogP contribution in [-0.4, -0.2) is 17.2 Å². The third-order valence-electron chi connectivity index (χ3n) is 1.61. The van der Waals surface area contributed by atoms with Crippen LogP contribution >= 0.6 is 0 Å². The first kappa shape index (κ1) is 9.51. The van der Waals surface area contributed by atoms with Gasteiger partial charge in [-0.3, -0.25) is 0 Å². The molecule has 2 N–H and O–H groups in total. The van der Waals surface area contributed by atoms with E-state index < -0.39 is 0 Å². The molecular formula is C9H14N4. The summed E-state index contributed by atoms with van der Waals surface area (Å²) in [6, 6.07) is 0. The predicted molar refractivity (Wildman–Crippen MR) is 55.1 cm³/mol. The van der Waals surface area contributed by atoms with Gasteiger partial charge >= 0.3 is 0 Å². The van der Waals surface area contributed by atoms with Crippen molar-refractivity contribution in [2.24, 2.45) is 15.8 Å². The fourth-order valence-electron chi connectivity index (χ4n) is 1.07. The maximum absolute atomic E-state index is 5.70. The summed E-state index contributed by atoms with van der Waals surface area (Å²) < 4.78 is 0. The van der Waals surface area contributed by atoms with Crippen LogP contribution in [0.3, 0.4) is 0 Å². The van der Waals surface area contributed by atoms with Crippen LogP contribution in [0, 0.1) is 0 Å². The molecule has 0 amide bonds. The fourth-order valence-corrected chi connectivity index (χ4v) is 1.07. The molecule has 1 rings (SSSR count). The van der Waals surface area contributed by atoms with E-state index >= 15 is 0 Å². The zero-order valence-electron chi connectivity index (χ0n) is 7.99. The van der Waals surface area contributed by atoms with E-state index in [1.165, 1.54) is 6.34 Å². The molecule has 1 aliphatic heterocycles. The number of hydrogen-bond acceptors (Lipinski definition) is 4. The van der Waals surface area contributed by atoms with Gasteiger partial charge in [0.1, 0.15) is 12.0 Å². The average Bonchev–Trinajstić information content (AvgIpc) is 2.08. The van der Waals surface area contributed by atoms with Crippen LogP contribution in [0.5, 0.6) is 0 Å².